The molecule has 1 amide bonds. The number of benzene rings is 2. The van der Waals surface area contributed by atoms with Gasteiger partial charge < -0.3 is 14.4 Å². The molecule has 0 fully saturated rings. The fraction of sp³-hybridized carbons (Fsp3) is 0.240. The molecule has 3 heterocycles. The van der Waals surface area contributed by atoms with Crippen molar-refractivity contribution in [3.8, 4) is 11.5 Å². The number of carbonyl (C=O) groups is 1. The van der Waals surface area contributed by atoms with Gasteiger partial charge in [-0.1, -0.05) is 30.0 Å². The first-order valence-electron chi connectivity index (χ1n) is 10.8. The standard InChI is InChI=1S/C25H24N4O3S2/c1-31-20-12-18-9-10-29(23(22-4-3-11-33-22)19(18)13-21(20)32-2)24(30)17-7-5-16(6-8-17)14-34-25-26-15-27-28-25/h3-8,11-13,15,23H,9-10,14H2,1-2H3,(H,26,27,28)/t23-/m0/s1. The average molecular weight is 493 g/mol. The minimum absolute atomic E-state index is 0.0215. The van der Waals surface area contributed by atoms with Gasteiger partial charge in [-0.25, -0.2) is 4.98 Å². The molecule has 2 aromatic carbocycles. The Labute approximate surface area is 206 Å². The summed E-state index contributed by atoms with van der Waals surface area (Å²) >= 11 is 3.23. The van der Waals surface area contributed by atoms with Crippen LogP contribution in [0.2, 0.25) is 0 Å². The van der Waals surface area contributed by atoms with E-state index >= 15 is 0 Å². The molecule has 0 bridgehead atoms. The molecule has 1 N–H and O–H groups in total. The van der Waals surface area contributed by atoms with Crippen molar-refractivity contribution in [2.45, 2.75) is 23.4 Å². The molecule has 5 rings (SSSR count). The highest BCUT2D eigenvalue weighted by Gasteiger charge is 2.34. The number of fused-ring (bicyclic) bond motifs is 1. The zero-order valence-electron chi connectivity index (χ0n) is 18.9. The number of nitrogens with one attached hydrogen (secondary N) is 1. The predicted octanol–water partition coefficient (Wildman–Crippen LogP) is 4.96. The van der Waals surface area contributed by atoms with Crippen LogP contribution in [0.4, 0.5) is 0 Å². The molecule has 9 heteroatoms. The van der Waals surface area contributed by atoms with Crippen molar-refractivity contribution in [1.29, 1.82) is 0 Å². The van der Waals surface area contributed by atoms with Crippen LogP contribution < -0.4 is 9.47 Å². The second-order valence-corrected chi connectivity index (χ2v) is 9.79. The summed E-state index contributed by atoms with van der Waals surface area (Å²) < 4.78 is 11.1. The number of aromatic nitrogens is 3. The summed E-state index contributed by atoms with van der Waals surface area (Å²) in [4.78, 5) is 20.9. The molecule has 4 aromatic rings. The summed E-state index contributed by atoms with van der Waals surface area (Å²) in [6.45, 7) is 0.632. The van der Waals surface area contributed by atoms with Gasteiger partial charge in [0.25, 0.3) is 5.91 Å². The molecular weight excluding hydrogens is 468 g/mol. The Morgan fingerprint density at radius 1 is 1.18 bits per heavy atom. The number of H-pyrrole nitrogens is 1. The van der Waals surface area contributed by atoms with E-state index in [-0.39, 0.29) is 11.9 Å². The van der Waals surface area contributed by atoms with Crippen LogP contribution in [-0.4, -0.2) is 46.8 Å². The van der Waals surface area contributed by atoms with E-state index in [0.29, 0.717) is 23.6 Å². The largest absolute Gasteiger partial charge is 0.493 e. The molecule has 2 aromatic heterocycles. The van der Waals surface area contributed by atoms with Gasteiger partial charge >= 0.3 is 0 Å². The minimum atomic E-state index is -0.169. The van der Waals surface area contributed by atoms with Crippen molar-refractivity contribution in [3.63, 3.8) is 0 Å². The second-order valence-electron chi connectivity index (χ2n) is 7.85. The number of carbonyl (C=O) groups excluding carboxylic acids is 1. The predicted molar refractivity (Wildman–Crippen MR) is 133 cm³/mol. The van der Waals surface area contributed by atoms with E-state index in [1.54, 1.807) is 37.3 Å². The van der Waals surface area contributed by atoms with Crippen molar-refractivity contribution >= 4 is 29.0 Å². The Bertz CT molecular complexity index is 1260. The van der Waals surface area contributed by atoms with E-state index in [4.69, 9.17) is 9.47 Å². The van der Waals surface area contributed by atoms with Crippen LogP contribution in [0.1, 0.15) is 38.0 Å². The lowest BCUT2D eigenvalue weighted by molar-refractivity contribution is 0.0697. The molecule has 1 atom stereocenters. The zero-order valence-corrected chi connectivity index (χ0v) is 20.5. The number of amides is 1. The first kappa shape index (κ1) is 22.5. The Balaban J connectivity index is 1.43. The molecule has 0 unspecified atom stereocenters. The number of thiophene rings is 1. The molecular formula is C25H24N4O3S2. The smallest absolute Gasteiger partial charge is 0.254 e. The van der Waals surface area contributed by atoms with Crippen molar-refractivity contribution < 1.29 is 14.3 Å². The summed E-state index contributed by atoms with van der Waals surface area (Å²) in [6.07, 6.45) is 2.26. The van der Waals surface area contributed by atoms with E-state index in [9.17, 15) is 4.79 Å². The first-order chi connectivity index (χ1) is 16.7. The van der Waals surface area contributed by atoms with Gasteiger partial charge in [0.2, 0.25) is 0 Å². The Hall–Kier alpha value is -3.30. The van der Waals surface area contributed by atoms with Crippen molar-refractivity contribution in [1.82, 2.24) is 20.1 Å². The van der Waals surface area contributed by atoms with E-state index in [1.807, 2.05) is 52.7 Å². The van der Waals surface area contributed by atoms with Crippen molar-refractivity contribution in [2.24, 2.45) is 0 Å². The highest BCUT2D eigenvalue weighted by Crippen LogP contribution is 2.42. The van der Waals surface area contributed by atoms with E-state index in [2.05, 4.69) is 21.2 Å². The molecule has 0 aliphatic carbocycles. The van der Waals surface area contributed by atoms with Crippen LogP contribution in [-0.2, 0) is 12.2 Å². The SMILES string of the molecule is COc1cc2c(cc1OC)[C@@H](c1cccs1)N(C(=O)c1ccc(CSc3ncn[nH]3)cc1)CC2. The average Bonchev–Trinajstić information content (AvgIpc) is 3.60. The van der Waals surface area contributed by atoms with E-state index in [0.717, 1.165) is 33.3 Å². The Morgan fingerprint density at radius 3 is 2.65 bits per heavy atom. The summed E-state index contributed by atoms with van der Waals surface area (Å²) in [5.74, 6) is 2.16. The van der Waals surface area contributed by atoms with Crippen LogP contribution in [0, 0.1) is 0 Å². The van der Waals surface area contributed by atoms with Gasteiger partial charge in [-0.15, -0.1) is 11.3 Å². The highest BCUT2D eigenvalue weighted by atomic mass is 32.2. The molecule has 1 aliphatic rings. The minimum Gasteiger partial charge on any atom is -0.493 e. The number of hydrogen-bond donors (Lipinski definition) is 1. The van der Waals surface area contributed by atoms with E-state index in [1.165, 1.54) is 11.9 Å². The number of methoxy groups -OCH3 is 2. The van der Waals surface area contributed by atoms with Gasteiger partial charge in [0, 0.05) is 22.7 Å². The third-order valence-corrected chi connectivity index (χ3v) is 7.79. The number of thioether (sulfide) groups is 1. The van der Waals surface area contributed by atoms with Gasteiger partial charge in [-0.2, -0.15) is 5.10 Å². The summed E-state index contributed by atoms with van der Waals surface area (Å²) in [6, 6.07) is 15.8. The molecule has 0 spiro atoms. The summed E-state index contributed by atoms with van der Waals surface area (Å²) in [7, 11) is 3.28. The number of nitrogens with zero attached hydrogens (tertiary/aromatic N) is 3. The molecule has 0 saturated carbocycles. The van der Waals surface area contributed by atoms with Crippen molar-refractivity contribution in [3.05, 3.63) is 87.4 Å². The van der Waals surface area contributed by atoms with Crippen LogP contribution in [0.3, 0.4) is 0 Å². The van der Waals surface area contributed by atoms with Crippen LogP contribution in [0.25, 0.3) is 0 Å². The lowest BCUT2D eigenvalue weighted by Crippen LogP contribution is -2.40. The van der Waals surface area contributed by atoms with E-state index < -0.39 is 0 Å². The normalized spacial score (nSPS) is 15.1. The molecule has 7 nitrogen and oxygen atoms in total. The zero-order chi connectivity index (χ0) is 23.5. The Morgan fingerprint density at radius 2 is 1.97 bits per heavy atom. The van der Waals surface area contributed by atoms with Gasteiger partial charge in [0.1, 0.15) is 6.33 Å². The quantitative estimate of drug-likeness (QED) is 0.367. The van der Waals surface area contributed by atoms with Crippen LogP contribution in [0.5, 0.6) is 11.5 Å². The maximum atomic E-state index is 13.7. The maximum absolute atomic E-state index is 13.7. The fourth-order valence-electron chi connectivity index (χ4n) is 4.24. The van der Waals surface area contributed by atoms with Crippen LogP contribution in [0.15, 0.2) is 65.4 Å². The molecule has 0 saturated heterocycles. The van der Waals surface area contributed by atoms with Gasteiger partial charge in [0.15, 0.2) is 16.7 Å². The topological polar surface area (TPSA) is 80.3 Å². The number of ether oxygens (including phenoxy) is 2. The maximum Gasteiger partial charge on any atom is 0.254 e. The second kappa shape index (κ2) is 9.90. The molecule has 1 aliphatic heterocycles. The summed E-state index contributed by atoms with van der Waals surface area (Å²) in [5.41, 5.74) is 4.06. The van der Waals surface area contributed by atoms with Crippen molar-refractivity contribution in [2.75, 3.05) is 20.8 Å². The first-order valence-corrected chi connectivity index (χ1v) is 12.7. The number of rotatable bonds is 7. The third-order valence-electron chi connectivity index (χ3n) is 5.92. The van der Waals surface area contributed by atoms with Gasteiger partial charge in [-0.05, 0) is 58.8 Å². The molecule has 0 radical (unpaired) electrons. The molecule has 34 heavy (non-hydrogen) atoms. The number of aromatic amines is 1. The summed E-state index contributed by atoms with van der Waals surface area (Å²) in [5, 5.41) is 9.54. The monoisotopic (exact) mass is 492 g/mol. The van der Waals surface area contributed by atoms with Gasteiger partial charge in [0.05, 0.1) is 20.3 Å². The fourth-order valence-corrected chi connectivity index (χ4v) is 5.83. The molecule has 174 valence electrons. The lowest BCUT2D eigenvalue weighted by atomic mass is 9.90. The highest BCUT2D eigenvalue weighted by molar-refractivity contribution is 7.98. The van der Waals surface area contributed by atoms with Crippen LogP contribution >= 0.6 is 23.1 Å². The number of hydrogen-bond acceptors (Lipinski definition) is 7. The Kier molecular flexibility index (Phi) is 6.55. The third kappa shape index (κ3) is 4.41. The lowest BCUT2D eigenvalue weighted by Gasteiger charge is -2.37. The van der Waals surface area contributed by atoms with Gasteiger partial charge in [-0.3, -0.25) is 9.89 Å².